The smallest absolute Gasteiger partial charge is 0.328 e. The minimum absolute atomic E-state index is 0.117. The van der Waals surface area contributed by atoms with Crippen molar-refractivity contribution in [2.45, 2.75) is 6.92 Å². The summed E-state index contributed by atoms with van der Waals surface area (Å²) in [6.07, 6.45) is 5.31. The molecule has 2 N–H and O–H groups in total. The van der Waals surface area contributed by atoms with Crippen LogP contribution in [-0.2, 0) is 4.79 Å². The molecule has 0 bridgehead atoms. The van der Waals surface area contributed by atoms with E-state index in [4.69, 9.17) is 5.11 Å². The molecule has 2 heterocycles. The van der Waals surface area contributed by atoms with Crippen molar-refractivity contribution in [1.82, 2.24) is 15.2 Å². The molecule has 0 radical (unpaired) electrons. The van der Waals surface area contributed by atoms with E-state index in [-0.39, 0.29) is 11.9 Å². The molecule has 0 fully saturated rings. The summed E-state index contributed by atoms with van der Waals surface area (Å²) >= 11 is 1.19. The molecule has 102 valence electrons. The Kier molecular flexibility index (Phi) is 4.16. The fourth-order valence-electron chi connectivity index (χ4n) is 1.39. The first kappa shape index (κ1) is 13.8. The molecule has 0 atom stereocenters. The van der Waals surface area contributed by atoms with Crippen molar-refractivity contribution in [3.05, 3.63) is 39.9 Å². The second kappa shape index (κ2) is 6.02. The lowest BCUT2D eigenvalue weighted by Crippen LogP contribution is -2.12. The number of aryl methyl sites for hydroxylation is 1. The van der Waals surface area contributed by atoms with Crippen LogP contribution >= 0.6 is 11.3 Å². The molecule has 1 amide bonds. The Morgan fingerprint density at radius 1 is 1.40 bits per heavy atom. The molecule has 0 aromatic carbocycles. The maximum atomic E-state index is 12.0. The largest absolute Gasteiger partial charge is 0.478 e. The highest BCUT2D eigenvalue weighted by Gasteiger charge is 2.12. The monoisotopic (exact) mass is 290 g/mol. The minimum atomic E-state index is -1.03. The van der Waals surface area contributed by atoms with E-state index >= 15 is 0 Å². The topological polar surface area (TPSA) is 105 Å². The summed E-state index contributed by atoms with van der Waals surface area (Å²) in [7, 11) is 0. The lowest BCUT2D eigenvalue weighted by Gasteiger charge is -1.98. The maximum Gasteiger partial charge on any atom is 0.328 e. The number of carbonyl (C=O) groups is 2. The van der Waals surface area contributed by atoms with Crippen molar-refractivity contribution in [2.24, 2.45) is 0 Å². The summed E-state index contributed by atoms with van der Waals surface area (Å²) in [6.45, 7) is 1.80. The van der Waals surface area contributed by atoms with Crippen molar-refractivity contribution in [3.63, 3.8) is 0 Å². The molecule has 2 aromatic heterocycles. The quantitative estimate of drug-likeness (QED) is 0.828. The van der Waals surface area contributed by atoms with Gasteiger partial charge in [-0.05, 0) is 24.6 Å². The highest BCUT2D eigenvalue weighted by Crippen LogP contribution is 2.23. The summed E-state index contributed by atoms with van der Waals surface area (Å²) in [5.74, 6) is -1.28. The lowest BCUT2D eigenvalue weighted by molar-refractivity contribution is -0.131. The third kappa shape index (κ3) is 3.45. The highest BCUT2D eigenvalue weighted by atomic mass is 32.1. The second-order valence-electron chi connectivity index (χ2n) is 3.75. The summed E-state index contributed by atoms with van der Waals surface area (Å²) in [5, 5.41) is 18.4. The zero-order valence-electron chi connectivity index (χ0n) is 10.4. The number of nitrogens with one attached hydrogen (secondary N) is 1. The van der Waals surface area contributed by atoms with E-state index in [1.165, 1.54) is 29.8 Å². The summed E-state index contributed by atoms with van der Waals surface area (Å²) < 4.78 is 0. The number of amides is 1. The van der Waals surface area contributed by atoms with Gasteiger partial charge in [0.15, 0.2) is 0 Å². The van der Waals surface area contributed by atoms with E-state index in [2.05, 4.69) is 20.5 Å². The Bertz CT molecular complexity index is 667. The van der Waals surface area contributed by atoms with Gasteiger partial charge < -0.3 is 5.11 Å². The number of aliphatic carboxylic acids is 1. The molecule has 2 rings (SSSR count). The van der Waals surface area contributed by atoms with Crippen LogP contribution in [0.4, 0.5) is 5.95 Å². The number of hydrogen-bond donors (Lipinski definition) is 2. The number of nitrogens with zero attached hydrogens (tertiary/aromatic N) is 3. The van der Waals surface area contributed by atoms with Gasteiger partial charge in [0.2, 0.25) is 5.95 Å². The van der Waals surface area contributed by atoms with Gasteiger partial charge >= 0.3 is 5.97 Å². The summed E-state index contributed by atoms with van der Waals surface area (Å²) in [5.41, 5.74) is 0.824. The second-order valence-corrected chi connectivity index (χ2v) is 4.83. The number of hydrogen-bond acceptors (Lipinski definition) is 6. The number of carboxylic acids is 1. The molecule has 8 heteroatoms. The normalized spacial score (nSPS) is 10.7. The molecule has 2 aromatic rings. The van der Waals surface area contributed by atoms with Gasteiger partial charge in [-0.25, -0.2) is 9.78 Å². The Hall–Kier alpha value is -2.61. The lowest BCUT2D eigenvalue weighted by atomic mass is 10.2. The van der Waals surface area contributed by atoms with Crippen LogP contribution in [0, 0.1) is 6.92 Å². The zero-order chi connectivity index (χ0) is 14.5. The molecule has 0 aliphatic carbocycles. The van der Waals surface area contributed by atoms with Gasteiger partial charge in [-0.3, -0.25) is 10.1 Å². The summed E-state index contributed by atoms with van der Waals surface area (Å²) in [4.78, 5) is 27.4. The van der Waals surface area contributed by atoms with E-state index in [1.54, 1.807) is 13.0 Å². The fraction of sp³-hybridized carbons (Fsp3) is 0.0833. The minimum Gasteiger partial charge on any atom is -0.478 e. The first-order valence-corrected chi connectivity index (χ1v) is 6.34. The molecule has 0 saturated heterocycles. The Balaban J connectivity index is 2.15. The first-order chi connectivity index (χ1) is 9.56. The van der Waals surface area contributed by atoms with Gasteiger partial charge in [0.05, 0.1) is 17.3 Å². The fourth-order valence-corrected chi connectivity index (χ4v) is 2.36. The van der Waals surface area contributed by atoms with Crippen molar-refractivity contribution < 1.29 is 14.7 Å². The number of rotatable bonds is 4. The predicted molar refractivity (Wildman–Crippen MR) is 73.5 cm³/mol. The Morgan fingerprint density at radius 2 is 2.20 bits per heavy atom. The molecule has 0 unspecified atom stereocenters. The average Bonchev–Trinajstić information content (AvgIpc) is 2.79. The van der Waals surface area contributed by atoms with Crippen LogP contribution < -0.4 is 5.32 Å². The van der Waals surface area contributed by atoms with Crippen molar-refractivity contribution in [2.75, 3.05) is 5.32 Å². The zero-order valence-corrected chi connectivity index (χ0v) is 11.2. The van der Waals surface area contributed by atoms with E-state index in [9.17, 15) is 9.59 Å². The highest BCUT2D eigenvalue weighted by molar-refractivity contribution is 7.15. The Labute approximate surface area is 118 Å². The van der Waals surface area contributed by atoms with Crippen LogP contribution in [0.15, 0.2) is 24.5 Å². The van der Waals surface area contributed by atoms with Crippen molar-refractivity contribution in [3.8, 4) is 0 Å². The van der Waals surface area contributed by atoms with E-state index in [0.29, 0.717) is 9.75 Å². The van der Waals surface area contributed by atoms with Crippen LogP contribution in [0.3, 0.4) is 0 Å². The van der Waals surface area contributed by atoms with Gasteiger partial charge in [0.25, 0.3) is 5.91 Å². The molecule has 0 aliphatic heterocycles. The predicted octanol–water partition coefficient (Wildman–Crippen LogP) is 1.59. The van der Waals surface area contributed by atoms with Gasteiger partial charge in [0.1, 0.15) is 0 Å². The molecule has 20 heavy (non-hydrogen) atoms. The SMILES string of the molecule is Cc1cc(C(=O)Nc2nccnn2)sc1/C=C/C(=O)O. The van der Waals surface area contributed by atoms with Crippen LogP contribution in [0.2, 0.25) is 0 Å². The Morgan fingerprint density at radius 3 is 2.85 bits per heavy atom. The van der Waals surface area contributed by atoms with Gasteiger partial charge in [-0.15, -0.1) is 16.4 Å². The average molecular weight is 290 g/mol. The maximum absolute atomic E-state index is 12.0. The van der Waals surface area contributed by atoms with Crippen LogP contribution in [0.1, 0.15) is 20.1 Å². The van der Waals surface area contributed by atoms with Gasteiger partial charge in [-0.2, -0.15) is 5.10 Å². The van der Waals surface area contributed by atoms with Crippen molar-refractivity contribution >= 4 is 35.2 Å². The van der Waals surface area contributed by atoms with E-state index < -0.39 is 5.97 Å². The molecular formula is C12H10N4O3S. The van der Waals surface area contributed by atoms with Crippen LogP contribution in [0.5, 0.6) is 0 Å². The number of aromatic nitrogens is 3. The molecular weight excluding hydrogens is 280 g/mol. The third-order valence-electron chi connectivity index (χ3n) is 2.27. The number of anilines is 1. The molecule has 0 aliphatic rings. The van der Waals surface area contributed by atoms with Gasteiger partial charge in [0, 0.05) is 11.0 Å². The van der Waals surface area contributed by atoms with Crippen molar-refractivity contribution in [1.29, 1.82) is 0 Å². The van der Waals surface area contributed by atoms with Crippen LogP contribution in [0.25, 0.3) is 6.08 Å². The first-order valence-electron chi connectivity index (χ1n) is 5.53. The number of thiophene rings is 1. The molecule has 0 spiro atoms. The van der Waals surface area contributed by atoms with E-state index in [1.807, 2.05) is 0 Å². The molecule has 7 nitrogen and oxygen atoms in total. The van der Waals surface area contributed by atoms with Gasteiger partial charge in [-0.1, -0.05) is 0 Å². The molecule has 0 saturated carbocycles. The third-order valence-corrected chi connectivity index (χ3v) is 3.47. The standard InChI is InChI=1S/C12H10N4O3S/c1-7-6-9(20-8(7)2-3-10(17)18)11(19)15-12-13-4-5-14-16-12/h2-6H,1H3,(H,17,18)(H,13,15,16,19)/b3-2+. The van der Waals surface area contributed by atoms with Crippen LogP contribution in [-0.4, -0.2) is 32.2 Å². The summed E-state index contributed by atoms with van der Waals surface area (Å²) in [6, 6.07) is 1.68. The number of carboxylic acid groups (broad SMARTS) is 1. The number of carbonyl (C=O) groups excluding carboxylic acids is 1. The van der Waals surface area contributed by atoms with E-state index in [0.717, 1.165) is 11.6 Å².